The molecule has 6 heteroatoms. The van der Waals surface area contributed by atoms with E-state index in [1.165, 1.54) is 12.1 Å². The molecule has 3 N–H and O–H groups in total. The number of nitrogen functional groups attached to an aromatic ring is 1. The Morgan fingerprint density at radius 2 is 2.11 bits per heavy atom. The number of pyridine rings is 1. The molecule has 6 nitrogen and oxygen atoms in total. The molecule has 2 aromatic rings. The fourth-order valence-corrected chi connectivity index (χ4v) is 1.65. The number of furan rings is 1. The summed E-state index contributed by atoms with van der Waals surface area (Å²) >= 11 is 0. The fourth-order valence-electron chi connectivity index (χ4n) is 1.65. The van der Waals surface area contributed by atoms with Crippen molar-refractivity contribution >= 4 is 5.91 Å². The van der Waals surface area contributed by atoms with Crippen molar-refractivity contribution in [3.63, 3.8) is 0 Å². The van der Waals surface area contributed by atoms with Crippen LogP contribution in [0.3, 0.4) is 0 Å². The number of nitrogens with one attached hydrogen (secondary N) is 1. The van der Waals surface area contributed by atoms with Gasteiger partial charge in [0.1, 0.15) is 5.76 Å². The van der Waals surface area contributed by atoms with E-state index in [0.717, 1.165) is 0 Å². The van der Waals surface area contributed by atoms with Crippen LogP contribution in [0.2, 0.25) is 0 Å². The van der Waals surface area contributed by atoms with Gasteiger partial charge in [0.15, 0.2) is 11.2 Å². The third-order valence-corrected chi connectivity index (χ3v) is 2.51. The van der Waals surface area contributed by atoms with Crippen LogP contribution in [0.5, 0.6) is 0 Å². The first kappa shape index (κ1) is 12.1. The summed E-state index contributed by atoms with van der Waals surface area (Å²) < 4.78 is 7.19. The van der Waals surface area contributed by atoms with E-state index in [1.807, 2.05) is 5.43 Å². The summed E-state index contributed by atoms with van der Waals surface area (Å²) in [5.41, 5.74) is 2.69. The van der Waals surface area contributed by atoms with E-state index in [-0.39, 0.29) is 11.2 Å². The normalized spacial score (nSPS) is 10.3. The molecule has 0 bridgehead atoms. The molecule has 0 aliphatic heterocycles. The maximum absolute atomic E-state index is 11.4. The molecule has 0 aliphatic rings. The SMILES string of the molecule is Cc1cc(Cn2ccc(=O)cc2)oc1C(=O)NN. The molecule has 0 aromatic carbocycles. The van der Waals surface area contributed by atoms with E-state index in [9.17, 15) is 9.59 Å². The Labute approximate surface area is 103 Å². The second-order valence-electron chi connectivity index (χ2n) is 3.90. The van der Waals surface area contributed by atoms with Gasteiger partial charge < -0.3 is 8.98 Å². The van der Waals surface area contributed by atoms with Gasteiger partial charge in [-0.3, -0.25) is 15.0 Å². The van der Waals surface area contributed by atoms with Gasteiger partial charge in [-0.05, 0) is 13.0 Å². The first-order valence-corrected chi connectivity index (χ1v) is 5.36. The van der Waals surface area contributed by atoms with Gasteiger partial charge in [0, 0.05) is 30.1 Å². The quantitative estimate of drug-likeness (QED) is 0.466. The smallest absolute Gasteiger partial charge is 0.301 e. The molecule has 94 valence electrons. The average Bonchev–Trinajstić information content (AvgIpc) is 2.72. The lowest BCUT2D eigenvalue weighted by Gasteiger charge is -2.02. The van der Waals surface area contributed by atoms with Crippen LogP contribution >= 0.6 is 0 Å². The van der Waals surface area contributed by atoms with Crippen molar-refractivity contribution < 1.29 is 9.21 Å². The van der Waals surface area contributed by atoms with Gasteiger partial charge in [0.25, 0.3) is 0 Å². The summed E-state index contributed by atoms with van der Waals surface area (Å²) in [7, 11) is 0. The molecule has 0 saturated carbocycles. The van der Waals surface area contributed by atoms with Crippen LogP contribution in [-0.4, -0.2) is 10.5 Å². The Balaban J connectivity index is 2.22. The zero-order valence-electron chi connectivity index (χ0n) is 9.84. The Bertz CT molecular complexity index is 607. The van der Waals surface area contributed by atoms with E-state index in [1.54, 1.807) is 30.0 Å². The largest absolute Gasteiger partial charge is 0.454 e. The average molecular weight is 247 g/mol. The van der Waals surface area contributed by atoms with E-state index in [2.05, 4.69) is 0 Å². The summed E-state index contributed by atoms with van der Waals surface area (Å²) in [5.74, 6) is 5.41. The summed E-state index contributed by atoms with van der Waals surface area (Å²) in [5, 5.41) is 0. The molecule has 0 aliphatic carbocycles. The number of aryl methyl sites for hydroxylation is 1. The van der Waals surface area contributed by atoms with Gasteiger partial charge >= 0.3 is 5.91 Å². The zero-order chi connectivity index (χ0) is 13.1. The molecule has 0 fully saturated rings. The van der Waals surface area contributed by atoms with E-state index < -0.39 is 5.91 Å². The highest BCUT2D eigenvalue weighted by molar-refractivity contribution is 5.92. The minimum atomic E-state index is -0.460. The van der Waals surface area contributed by atoms with Gasteiger partial charge in [-0.1, -0.05) is 0 Å². The van der Waals surface area contributed by atoms with Crippen molar-refractivity contribution in [2.24, 2.45) is 5.84 Å². The molecule has 2 rings (SSSR count). The molecule has 0 atom stereocenters. The number of hydrazine groups is 1. The Kier molecular flexibility index (Phi) is 3.29. The highest BCUT2D eigenvalue weighted by Crippen LogP contribution is 2.15. The molecule has 1 amide bonds. The molecule has 0 spiro atoms. The number of nitrogens with two attached hydrogens (primary N) is 1. The number of carbonyl (C=O) groups excluding carboxylic acids is 1. The van der Waals surface area contributed by atoms with Crippen LogP contribution in [0.1, 0.15) is 21.9 Å². The lowest BCUT2D eigenvalue weighted by molar-refractivity contribution is 0.0923. The number of aromatic nitrogens is 1. The van der Waals surface area contributed by atoms with E-state index >= 15 is 0 Å². The second-order valence-corrected chi connectivity index (χ2v) is 3.90. The summed E-state index contributed by atoms with van der Waals surface area (Å²) in [6, 6.07) is 4.69. The Morgan fingerprint density at radius 1 is 1.44 bits per heavy atom. The van der Waals surface area contributed by atoms with Gasteiger partial charge in [0.05, 0.1) is 6.54 Å². The lowest BCUT2D eigenvalue weighted by atomic mass is 10.2. The minimum Gasteiger partial charge on any atom is -0.454 e. The lowest BCUT2D eigenvalue weighted by Crippen LogP contribution is -2.30. The van der Waals surface area contributed by atoms with Gasteiger partial charge in [-0.15, -0.1) is 0 Å². The van der Waals surface area contributed by atoms with Crippen LogP contribution in [0.4, 0.5) is 0 Å². The number of carbonyl (C=O) groups is 1. The predicted molar refractivity (Wildman–Crippen MR) is 64.9 cm³/mol. The maximum atomic E-state index is 11.4. The topological polar surface area (TPSA) is 90.3 Å². The number of amides is 1. The first-order chi connectivity index (χ1) is 8.60. The summed E-state index contributed by atoms with van der Waals surface area (Å²) in [6.45, 7) is 2.21. The Morgan fingerprint density at radius 3 is 2.72 bits per heavy atom. The molecule has 0 unspecified atom stereocenters. The van der Waals surface area contributed by atoms with Crippen LogP contribution in [0.15, 0.2) is 39.8 Å². The van der Waals surface area contributed by atoms with Crippen molar-refractivity contribution in [3.8, 4) is 0 Å². The van der Waals surface area contributed by atoms with Crippen LogP contribution in [-0.2, 0) is 6.54 Å². The van der Waals surface area contributed by atoms with Gasteiger partial charge in [-0.25, -0.2) is 5.84 Å². The number of nitrogens with zero attached hydrogens (tertiary/aromatic N) is 1. The highest BCUT2D eigenvalue weighted by atomic mass is 16.4. The third kappa shape index (κ3) is 2.49. The van der Waals surface area contributed by atoms with Crippen LogP contribution < -0.4 is 16.7 Å². The van der Waals surface area contributed by atoms with Gasteiger partial charge in [0.2, 0.25) is 0 Å². The van der Waals surface area contributed by atoms with Crippen molar-refractivity contribution in [3.05, 3.63) is 57.9 Å². The summed E-state index contributed by atoms with van der Waals surface area (Å²) in [6.07, 6.45) is 3.31. The predicted octanol–water partition coefficient (Wildman–Crippen LogP) is 0.402. The molecule has 2 aromatic heterocycles. The molecular formula is C12H13N3O3. The van der Waals surface area contributed by atoms with Crippen molar-refractivity contribution in [2.45, 2.75) is 13.5 Å². The number of hydrogen-bond acceptors (Lipinski definition) is 4. The fraction of sp³-hybridized carbons (Fsp3) is 0.167. The number of hydrogen-bond donors (Lipinski definition) is 2. The second kappa shape index (κ2) is 4.89. The van der Waals surface area contributed by atoms with Crippen LogP contribution in [0, 0.1) is 6.92 Å². The van der Waals surface area contributed by atoms with Crippen LogP contribution in [0.25, 0.3) is 0 Å². The monoisotopic (exact) mass is 247 g/mol. The van der Waals surface area contributed by atoms with Crippen molar-refractivity contribution in [2.75, 3.05) is 0 Å². The molecule has 0 saturated heterocycles. The third-order valence-electron chi connectivity index (χ3n) is 2.51. The number of rotatable bonds is 3. The van der Waals surface area contributed by atoms with E-state index in [0.29, 0.717) is 17.9 Å². The molecule has 2 heterocycles. The van der Waals surface area contributed by atoms with Crippen molar-refractivity contribution in [1.29, 1.82) is 0 Å². The first-order valence-electron chi connectivity index (χ1n) is 5.36. The standard InChI is InChI=1S/C12H13N3O3/c1-8-6-10(18-11(8)12(17)14-13)7-15-4-2-9(16)3-5-15/h2-6H,7,13H2,1H3,(H,14,17). The molecule has 0 radical (unpaired) electrons. The summed E-state index contributed by atoms with van der Waals surface area (Å²) in [4.78, 5) is 22.3. The van der Waals surface area contributed by atoms with Crippen molar-refractivity contribution in [1.82, 2.24) is 9.99 Å². The van der Waals surface area contributed by atoms with Gasteiger partial charge in [-0.2, -0.15) is 0 Å². The maximum Gasteiger partial charge on any atom is 0.301 e. The zero-order valence-corrected chi connectivity index (χ0v) is 9.84. The molecular weight excluding hydrogens is 234 g/mol. The minimum absolute atomic E-state index is 0.0509. The molecule has 18 heavy (non-hydrogen) atoms. The Hall–Kier alpha value is -2.34. The highest BCUT2D eigenvalue weighted by Gasteiger charge is 2.14. The van der Waals surface area contributed by atoms with E-state index in [4.69, 9.17) is 10.3 Å².